The molecule has 0 saturated carbocycles. The standard InChI is InChI=1S/C18H17NO4/c1-22-16-3-2-4-17(11-16)23-10-9-15(12-19)13-5-7-14(8-6-13)18(20)21/h2-8,11,15H,9-10H2,1H3,(H,20,21). The zero-order valence-electron chi connectivity index (χ0n) is 12.7. The van der Waals surface area contributed by atoms with Gasteiger partial charge in [-0.15, -0.1) is 0 Å². The normalized spacial score (nSPS) is 11.3. The van der Waals surface area contributed by atoms with Crippen LogP contribution in [0.5, 0.6) is 11.5 Å². The quantitative estimate of drug-likeness (QED) is 0.847. The Morgan fingerprint density at radius 1 is 1.22 bits per heavy atom. The summed E-state index contributed by atoms with van der Waals surface area (Å²) in [6.45, 7) is 0.381. The molecule has 0 bridgehead atoms. The van der Waals surface area contributed by atoms with E-state index < -0.39 is 5.97 Å². The Hall–Kier alpha value is -3.00. The van der Waals surface area contributed by atoms with E-state index >= 15 is 0 Å². The van der Waals surface area contributed by atoms with Crippen LogP contribution in [0.1, 0.15) is 28.3 Å². The zero-order chi connectivity index (χ0) is 16.7. The predicted molar refractivity (Wildman–Crippen MR) is 84.9 cm³/mol. The third kappa shape index (κ3) is 4.48. The Kier molecular flexibility index (Phi) is 5.59. The van der Waals surface area contributed by atoms with Crippen LogP contribution in [0, 0.1) is 11.3 Å². The molecule has 0 radical (unpaired) electrons. The van der Waals surface area contributed by atoms with Gasteiger partial charge in [-0.2, -0.15) is 5.26 Å². The molecule has 5 nitrogen and oxygen atoms in total. The van der Waals surface area contributed by atoms with Gasteiger partial charge in [0.15, 0.2) is 0 Å². The van der Waals surface area contributed by atoms with Crippen molar-refractivity contribution < 1.29 is 19.4 Å². The summed E-state index contributed by atoms with van der Waals surface area (Å²) in [6.07, 6.45) is 0.514. The molecular weight excluding hydrogens is 294 g/mol. The van der Waals surface area contributed by atoms with Crippen molar-refractivity contribution in [1.82, 2.24) is 0 Å². The van der Waals surface area contributed by atoms with Crippen molar-refractivity contribution in [3.63, 3.8) is 0 Å². The van der Waals surface area contributed by atoms with Gasteiger partial charge in [-0.1, -0.05) is 18.2 Å². The molecule has 2 aromatic carbocycles. The Balaban J connectivity index is 1.94. The summed E-state index contributed by atoms with van der Waals surface area (Å²) in [7, 11) is 1.59. The molecule has 5 heteroatoms. The molecule has 2 aromatic rings. The lowest BCUT2D eigenvalue weighted by Crippen LogP contribution is -2.05. The fraction of sp³-hybridized carbons (Fsp3) is 0.222. The van der Waals surface area contributed by atoms with Crippen molar-refractivity contribution in [1.29, 1.82) is 5.26 Å². The van der Waals surface area contributed by atoms with Gasteiger partial charge in [0.05, 0.1) is 31.3 Å². The van der Waals surface area contributed by atoms with E-state index in [0.29, 0.717) is 24.5 Å². The van der Waals surface area contributed by atoms with Crippen LogP contribution in [0.25, 0.3) is 0 Å². The maximum Gasteiger partial charge on any atom is 0.335 e. The van der Waals surface area contributed by atoms with Gasteiger partial charge in [0.2, 0.25) is 0 Å². The second-order valence-electron chi connectivity index (χ2n) is 4.92. The van der Waals surface area contributed by atoms with E-state index in [1.807, 2.05) is 18.2 Å². The van der Waals surface area contributed by atoms with Crippen molar-refractivity contribution in [3.05, 3.63) is 59.7 Å². The van der Waals surface area contributed by atoms with Crippen molar-refractivity contribution in [2.75, 3.05) is 13.7 Å². The number of ether oxygens (including phenoxy) is 2. The first-order valence-corrected chi connectivity index (χ1v) is 7.13. The van der Waals surface area contributed by atoms with E-state index in [-0.39, 0.29) is 11.5 Å². The molecule has 1 atom stereocenters. The van der Waals surface area contributed by atoms with E-state index in [1.165, 1.54) is 12.1 Å². The third-order valence-corrected chi connectivity index (χ3v) is 3.43. The summed E-state index contributed by atoms with van der Waals surface area (Å²) in [5.41, 5.74) is 0.991. The van der Waals surface area contributed by atoms with E-state index in [1.54, 1.807) is 25.3 Å². The number of aromatic carboxylic acids is 1. The average molecular weight is 311 g/mol. The maximum atomic E-state index is 10.8. The molecule has 1 N–H and O–H groups in total. The largest absolute Gasteiger partial charge is 0.497 e. The second-order valence-corrected chi connectivity index (χ2v) is 4.92. The number of methoxy groups -OCH3 is 1. The molecule has 2 rings (SSSR count). The summed E-state index contributed by atoms with van der Waals surface area (Å²) in [5, 5.41) is 18.2. The molecule has 0 saturated heterocycles. The fourth-order valence-electron chi connectivity index (χ4n) is 2.15. The minimum Gasteiger partial charge on any atom is -0.497 e. The monoisotopic (exact) mass is 311 g/mol. The fourth-order valence-corrected chi connectivity index (χ4v) is 2.15. The molecule has 0 fully saturated rings. The molecule has 0 heterocycles. The highest BCUT2D eigenvalue weighted by Gasteiger charge is 2.12. The molecule has 0 aromatic heterocycles. The minimum atomic E-state index is -0.980. The van der Waals surface area contributed by atoms with Crippen molar-refractivity contribution in [2.45, 2.75) is 12.3 Å². The number of carboxylic acids is 1. The Bertz CT molecular complexity index is 704. The number of carbonyl (C=O) groups is 1. The number of carboxylic acid groups (broad SMARTS) is 1. The van der Waals surface area contributed by atoms with Gasteiger partial charge in [-0.25, -0.2) is 4.79 Å². The van der Waals surface area contributed by atoms with Crippen LogP contribution in [-0.2, 0) is 0 Å². The lowest BCUT2D eigenvalue weighted by atomic mass is 9.96. The van der Waals surface area contributed by atoms with Crippen LogP contribution >= 0.6 is 0 Å². The maximum absolute atomic E-state index is 10.8. The van der Waals surface area contributed by atoms with Gasteiger partial charge in [0.1, 0.15) is 11.5 Å². The van der Waals surface area contributed by atoms with Gasteiger partial charge in [0, 0.05) is 12.5 Å². The van der Waals surface area contributed by atoms with Gasteiger partial charge in [-0.3, -0.25) is 0 Å². The van der Waals surface area contributed by atoms with Crippen LogP contribution in [0.15, 0.2) is 48.5 Å². The van der Waals surface area contributed by atoms with E-state index in [0.717, 1.165) is 5.56 Å². The van der Waals surface area contributed by atoms with Crippen LogP contribution in [0.2, 0.25) is 0 Å². The molecule has 0 spiro atoms. The van der Waals surface area contributed by atoms with Gasteiger partial charge in [-0.05, 0) is 29.8 Å². The lowest BCUT2D eigenvalue weighted by Gasteiger charge is -2.11. The van der Waals surface area contributed by atoms with E-state index in [2.05, 4.69) is 6.07 Å². The molecule has 23 heavy (non-hydrogen) atoms. The Labute approximate surface area is 134 Å². The lowest BCUT2D eigenvalue weighted by molar-refractivity contribution is 0.0697. The highest BCUT2D eigenvalue weighted by molar-refractivity contribution is 5.87. The molecule has 0 aliphatic rings. The second kappa shape index (κ2) is 7.85. The molecule has 118 valence electrons. The smallest absolute Gasteiger partial charge is 0.335 e. The summed E-state index contributed by atoms with van der Waals surface area (Å²) >= 11 is 0. The zero-order valence-corrected chi connectivity index (χ0v) is 12.7. The summed E-state index contributed by atoms with van der Waals surface area (Å²) < 4.78 is 10.8. The molecule has 0 aliphatic carbocycles. The highest BCUT2D eigenvalue weighted by atomic mass is 16.5. The number of nitriles is 1. The van der Waals surface area contributed by atoms with E-state index in [4.69, 9.17) is 14.6 Å². The van der Waals surface area contributed by atoms with Crippen molar-refractivity contribution in [2.24, 2.45) is 0 Å². The summed E-state index contributed by atoms with van der Waals surface area (Å²) in [4.78, 5) is 10.8. The number of rotatable bonds is 7. The topological polar surface area (TPSA) is 79.5 Å². The van der Waals surface area contributed by atoms with Gasteiger partial charge < -0.3 is 14.6 Å². The Morgan fingerprint density at radius 2 is 1.91 bits per heavy atom. The highest BCUT2D eigenvalue weighted by Crippen LogP contribution is 2.22. The van der Waals surface area contributed by atoms with Crippen LogP contribution in [0.4, 0.5) is 0 Å². The number of hydrogen-bond acceptors (Lipinski definition) is 4. The first-order chi connectivity index (χ1) is 11.1. The summed E-state index contributed by atoms with van der Waals surface area (Å²) in [6, 6.07) is 15.8. The first-order valence-electron chi connectivity index (χ1n) is 7.13. The molecule has 0 amide bonds. The Morgan fingerprint density at radius 3 is 2.52 bits per heavy atom. The first kappa shape index (κ1) is 16.4. The van der Waals surface area contributed by atoms with Gasteiger partial charge in [0.25, 0.3) is 0 Å². The molecule has 1 unspecified atom stereocenters. The van der Waals surface area contributed by atoms with E-state index in [9.17, 15) is 10.1 Å². The number of benzene rings is 2. The minimum absolute atomic E-state index is 0.207. The van der Waals surface area contributed by atoms with Crippen molar-refractivity contribution >= 4 is 5.97 Å². The molecular formula is C18H17NO4. The predicted octanol–water partition coefficient (Wildman–Crippen LogP) is 3.47. The van der Waals surface area contributed by atoms with Crippen LogP contribution in [0.3, 0.4) is 0 Å². The molecule has 0 aliphatic heterocycles. The third-order valence-electron chi connectivity index (χ3n) is 3.43. The van der Waals surface area contributed by atoms with Gasteiger partial charge >= 0.3 is 5.97 Å². The summed E-state index contributed by atoms with van der Waals surface area (Å²) in [5.74, 6) is 0.0701. The van der Waals surface area contributed by atoms with Crippen molar-refractivity contribution in [3.8, 4) is 17.6 Å². The average Bonchev–Trinajstić information content (AvgIpc) is 2.59. The number of hydrogen-bond donors (Lipinski definition) is 1. The van der Waals surface area contributed by atoms with Crippen LogP contribution < -0.4 is 9.47 Å². The van der Waals surface area contributed by atoms with Crippen LogP contribution in [-0.4, -0.2) is 24.8 Å². The SMILES string of the molecule is COc1cccc(OCCC(C#N)c2ccc(C(=O)O)cc2)c1. The number of nitrogens with zero attached hydrogens (tertiary/aromatic N) is 1.